The quantitative estimate of drug-likeness (QED) is 0.786. The predicted octanol–water partition coefficient (Wildman–Crippen LogP) is 3.04. The minimum Gasteiger partial charge on any atom is -0.378 e. The molecular formula is C15H18N2OS. The zero-order valence-corrected chi connectivity index (χ0v) is 12.3. The number of benzene rings is 1. The van der Waals surface area contributed by atoms with Gasteiger partial charge in [-0.05, 0) is 31.0 Å². The zero-order valence-electron chi connectivity index (χ0n) is 11.5. The van der Waals surface area contributed by atoms with Crippen LogP contribution in [0.2, 0.25) is 0 Å². The van der Waals surface area contributed by atoms with E-state index in [1.807, 2.05) is 26.4 Å². The fourth-order valence-corrected chi connectivity index (χ4v) is 2.77. The number of thiazole rings is 1. The Morgan fingerprint density at radius 1 is 1.32 bits per heavy atom. The normalized spacial score (nSPS) is 12.2. The number of carbonyl (C=O) groups is 1. The lowest BCUT2D eigenvalue weighted by Crippen LogP contribution is -2.09. The van der Waals surface area contributed by atoms with E-state index in [1.54, 1.807) is 11.3 Å². The molecule has 0 saturated heterocycles. The van der Waals surface area contributed by atoms with E-state index in [0.717, 1.165) is 28.2 Å². The number of hydrogen-bond donors (Lipinski definition) is 0. The van der Waals surface area contributed by atoms with Crippen molar-refractivity contribution in [1.29, 1.82) is 0 Å². The summed E-state index contributed by atoms with van der Waals surface area (Å²) in [4.78, 5) is 17.7. The summed E-state index contributed by atoms with van der Waals surface area (Å²) >= 11 is 1.56. The van der Waals surface area contributed by atoms with Gasteiger partial charge in [0, 0.05) is 30.9 Å². The smallest absolute Gasteiger partial charge is 0.130 e. The van der Waals surface area contributed by atoms with Crippen molar-refractivity contribution in [3.05, 3.63) is 45.9 Å². The van der Waals surface area contributed by atoms with Crippen molar-refractivity contribution < 1.29 is 4.79 Å². The number of hydrogen-bond acceptors (Lipinski definition) is 4. The summed E-state index contributed by atoms with van der Waals surface area (Å²) in [6.45, 7) is 1.95. The molecule has 1 heterocycles. The van der Waals surface area contributed by atoms with E-state index >= 15 is 0 Å². The number of aryl methyl sites for hydroxylation is 1. The van der Waals surface area contributed by atoms with E-state index in [2.05, 4.69) is 34.1 Å². The highest BCUT2D eigenvalue weighted by Gasteiger charge is 2.15. The summed E-state index contributed by atoms with van der Waals surface area (Å²) in [5.74, 6) is -0.135. The van der Waals surface area contributed by atoms with Crippen molar-refractivity contribution >= 4 is 23.3 Å². The van der Waals surface area contributed by atoms with Crippen LogP contribution in [-0.2, 0) is 11.2 Å². The van der Waals surface area contributed by atoms with Gasteiger partial charge in [-0.1, -0.05) is 12.1 Å². The van der Waals surface area contributed by atoms with Crippen molar-refractivity contribution in [1.82, 2.24) is 4.98 Å². The molecule has 2 aromatic rings. The van der Waals surface area contributed by atoms with E-state index in [-0.39, 0.29) is 5.92 Å². The largest absolute Gasteiger partial charge is 0.378 e. The van der Waals surface area contributed by atoms with Crippen molar-refractivity contribution in [3.63, 3.8) is 0 Å². The van der Waals surface area contributed by atoms with Gasteiger partial charge in [0.25, 0.3) is 0 Å². The maximum atomic E-state index is 11.3. The molecule has 0 N–H and O–H groups in total. The average Bonchev–Trinajstić information content (AvgIpc) is 2.83. The Hall–Kier alpha value is -1.68. The van der Waals surface area contributed by atoms with Gasteiger partial charge in [0.2, 0.25) is 0 Å². The topological polar surface area (TPSA) is 33.2 Å². The minimum atomic E-state index is -0.135. The molecule has 0 aliphatic rings. The number of carbonyl (C=O) groups excluding carboxylic acids is 1. The first-order valence-corrected chi connectivity index (χ1v) is 7.11. The Balaban J connectivity index is 2.12. The van der Waals surface area contributed by atoms with Gasteiger partial charge in [0.15, 0.2) is 0 Å². The Bertz CT molecular complexity index is 546. The molecule has 4 heteroatoms. The fourth-order valence-electron chi connectivity index (χ4n) is 1.92. The number of rotatable bonds is 5. The second-order valence-corrected chi connectivity index (χ2v) is 5.72. The van der Waals surface area contributed by atoms with Gasteiger partial charge in [0.1, 0.15) is 11.3 Å². The summed E-state index contributed by atoms with van der Waals surface area (Å²) in [5, 5.41) is 2.89. The third-order valence-corrected chi connectivity index (χ3v) is 4.12. The minimum absolute atomic E-state index is 0.135. The standard InChI is InChI=1S/C15H18N2OS/c1-11-10-19-15(16-11)13(9-18)8-12-4-6-14(7-5-12)17(2)3/h4-7,9-10,13H,8H2,1-3H3. The van der Waals surface area contributed by atoms with Crippen LogP contribution >= 0.6 is 11.3 Å². The van der Waals surface area contributed by atoms with Crippen LogP contribution in [-0.4, -0.2) is 25.4 Å². The first-order valence-electron chi connectivity index (χ1n) is 6.23. The Morgan fingerprint density at radius 2 is 2.00 bits per heavy atom. The molecule has 0 radical (unpaired) electrons. The third-order valence-electron chi connectivity index (χ3n) is 3.03. The first kappa shape index (κ1) is 13.7. The van der Waals surface area contributed by atoms with Crippen LogP contribution in [0.3, 0.4) is 0 Å². The van der Waals surface area contributed by atoms with E-state index < -0.39 is 0 Å². The molecule has 3 nitrogen and oxygen atoms in total. The van der Waals surface area contributed by atoms with Crippen molar-refractivity contribution in [2.45, 2.75) is 19.3 Å². The van der Waals surface area contributed by atoms with Crippen LogP contribution in [0.25, 0.3) is 0 Å². The molecule has 0 bridgehead atoms. The van der Waals surface area contributed by atoms with Crippen LogP contribution in [0.5, 0.6) is 0 Å². The van der Waals surface area contributed by atoms with Crippen molar-refractivity contribution in [2.24, 2.45) is 0 Å². The molecule has 0 saturated carbocycles. The number of aromatic nitrogens is 1. The second kappa shape index (κ2) is 5.97. The summed E-state index contributed by atoms with van der Waals surface area (Å²) in [5.41, 5.74) is 3.31. The molecule has 0 aliphatic heterocycles. The van der Waals surface area contributed by atoms with Gasteiger partial charge < -0.3 is 9.69 Å². The number of nitrogens with zero attached hydrogens (tertiary/aromatic N) is 2. The SMILES string of the molecule is Cc1csc(C(C=O)Cc2ccc(N(C)C)cc2)n1. The van der Waals surface area contributed by atoms with Gasteiger partial charge in [-0.3, -0.25) is 0 Å². The Kier molecular flexibility index (Phi) is 4.32. The lowest BCUT2D eigenvalue weighted by Gasteiger charge is -2.13. The molecule has 1 aromatic carbocycles. The highest BCUT2D eigenvalue weighted by Crippen LogP contribution is 2.23. The van der Waals surface area contributed by atoms with Crippen molar-refractivity contribution in [3.8, 4) is 0 Å². The van der Waals surface area contributed by atoms with Gasteiger partial charge >= 0.3 is 0 Å². The van der Waals surface area contributed by atoms with Crippen molar-refractivity contribution in [2.75, 3.05) is 19.0 Å². The highest BCUT2D eigenvalue weighted by molar-refractivity contribution is 7.09. The van der Waals surface area contributed by atoms with Gasteiger partial charge in [-0.15, -0.1) is 11.3 Å². The second-order valence-electron chi connectivity index (χ2n) is 4.83. The van der Waals surface area contributed by atoms with E-state index in [1.165, 1.54) is 0 Å². The maximum Gasteiger partial charge on any atom is 0.130 e. The molecule has 19 heavy (non-hydrogen) atoms. The summed E-state index contributed by atoms with van der Waals surface area (Å²) < 4.78 is 0. The van der Waals surface area contributed by atoms with Crippen LogP contribution in [0.1, 0.15) is 22.2 Å². The number of anilines is 1. The zero-order chi connectivity index (χ0) is 13.8. The average molecular weight is 274 g/mol. The van der Waals surface area contributed by atoms with Crippen LogP contribution in [0.15, 0.2) is 29.6 Å². The van der Waals surface area contributed by atoms with E-state index in [0.29, 0.717) is 6.42 Å². The summed E-state index contributed by atoms with van der Waals surface area (Å²) in [6, 6.07) is 8.30. The molecule has 1 atom stereocenters. The maximum absolute atomic E-state index is 11.3. The Labute approximate surface area is 117 Å². The van der Waals surface area contributed by atoms with E-state index in [4.69, 9.17) is 0 Å². The summed E-state index contributed by atoms with van der Waals surface area (Å²) in [7, 11) is 4.03. The molecule has 0 spiro atoms. The summed E-state index contributed by atoms with van der Waals surface area (Å²) in [6.07, 6.45) is 1.71. The molecule has 0 amide bonds. The Morgan fingerprint density at radius 3 is 2.47 bits per heavy atom. The molecule has 1 aromatic heterocycles. The van der Waals surface area contributed by atoms with Gasteiger partial charge in [-0.25, -0.2) is 4.98 Å². The fraction of sp³-hybridized carbons (Fsp3) is 0.333. The lowest BCUT2D eigenvalue weighted by atomic mass is 10.0. The van der Waals surface area contributed by atoms with Crippen LogP contribution in [0, 0.1) is 6.92 Å². The molecule has 2 rings (SSSR count). The molecular weight excluding hydrogens is 256 g/mol. The highest BCUT2D eigenvalue weighted by atomic mass is 32.1. The molecule has 1 unspecified atom stereocenters. The molecule has 0 aliphatic carbocycles. The predicted molar refractivity (Wildman–Crippen MR) is 80.1 cm³/mol. The number of aldehydes is 1. The monoisotopic (exact) mass is 274 g/mol. The van der Waals surface area contributed by atoms with Crippen LogP contribution < -0.4 is 4.90 Å². The molecule has 100 valence electrons. The molecule has 0 fully saturated rings. The third kappa shape index (κ3) is 3.41. The van der Waals surface area contributed by atoms with Crippen LogP contribution in [0.4, 0.5) is 5.69 Å². The van der Waals surface area contributed by atoms with Gasteiger partial charge in [-0.2, -0.15) is 0 Å². The van der Waals surface area contributed by atoms with E-state index in [9.17, 15) is 4.79 Å². The van der Waals surface area contributed by atoms with Gasteiger partial charge in [0.05, 0.1) is 5.92 Å². The lowest BCUT2D eigenvalue weighted by molar-refractivity contribution is -0.109. The first-order chi connectivity index (χ1) is 9.10.